The van der Waals surface area contributed by atoms with Crippen LogP contribution in [0.15, 0.2) is 46.0 Å². The SMILES string of the molecule is CC(=O)c1ccc(NC(=O)[C@@H]2CCCN(S(=O)(=O)c3cccs3)C2)cc1. The average Bonchev–Trinajstić information content (AvgIpc) is 3.18. The van der Waals surface area contributed by atoms with Crippen molar-refractivity contribution in [2.75, 3.05) is 18.4 Å². The maximum absolute atomic E-state index is 12.6. The highest BCUT2D eigenvalue weighted by Gasteiger charge is 2.33. The highest BCUT2D eigenvalue weighted by molar-refractivity contribution is 7.91. The van der Waals surface area contributed by atoms with E-state index in [9.17, 15) is 18.0 Å². The molecule has 0 unspecified atom stereocenters. The molecule has 1 aliphatic rings. The first-order chi connectivity index (χ1) is 12.4. The molecule has 1 aliphatic heterocycles. The van der Waals surface area contributed by atoms with Crippen LogP contribution in [0, 0.1) is 5.92 Å². The van der Waals surface area contributed by atoms with Crippen LogP contribution in [0.25, 0.3) is 0 Å². The van der Waals surface area contributed by atoms with E-state index in [-0.39, 0.29) is 18.2 Å². The summed E-state index contributed by atoms with van der Waals surface area (Å²) in [7, 11) is -3.54. The zero-order valence-corrected chi connectivity index (χ0v) is 16.0. The largest absolute Gasteiger partial charge is 0.326 e. The van der Waals surface area contributed by atoms with Crippen LogP contribution in [0.5, 0.6) is 0 Å². The summed E-state index contributed by atoms with van der Waals surface area (Å²) in [5.41, 5.74) is 1.17. The van der Waals surface area contributed by atoms with Crippen molar-refractivity contribution >= 4 is 38.7 Å². The van der Waals surface area contributed by atoms with E-state index in [0.29, 0.717) is 34.8 Å². The van der Waals surface area contributed by atoms with Crippen LogP contribution >= 0.6 is 11.3 Å². The predicted octanol–water partition coefficient (Wildman–Crippen LogP) is 2.99. The van der Waals surface area contributed by atoms with E-state index < -0.39 is 15.9 Å². The molecular weight excluding hydrogens is 372 g/mol. The van der Waals surface area contributed by atoms with Gasteiger partial charge in [-0.1, -0.05) is 6.07 Å². The van der Waals surface area contributed by atoms with Crippen LogP contribution in [-0.2, 0) is 14.8 Å². The molecule has 0 radical (unpaired) electrons. The van der Waals surface area contributed by atoms with Gasteiger partial charge in [-0.2, -0.15) is 4.31 Å². The number of benzene rings is 1. The van der Waals surface area contributed by atoms with Gasteiger partial charge in [-0.25, -0.2) is 8.42 Å². The van der Waals surface area contributed by atoms with Gasteiger partial charge in [-0.3, -0.25) is 9.59 Å². The van der Waals surface area contributed by atoms with Gasteiger partial charge in [0, 0.05) is 24.3 Å². The Labute approximate surface area is 156 Å². The summed E-state index contributed by atoms with van der Waals surface area (Å²) in [4.78, 5) is 23.9. The fourth-order valence-corrected chi connectivity index (χ4v) is 5.61. The molecule has 0 bridgehead atoms. The number of Topliss-reactive ketones (excluding diaryl/α,β-unsaturated/α-hetero) is 1. The number of piperidine rings is 1. The van der Waals surface area contributed by atoms with E-state index in [0.717, 1.165) is 0 Å². The first-order valence-corrected chi connectivity index (χ1v) is 10.7. The van der Waals surface area contributed by atoms with Crippen molar-refractivity contribution in [2.24, 2.45) is 5.92 Å². The van der Waals surface area contributed by atoms with Crippen LogP contribution in [0.2, 0.25) is 0 Å². The molecule has 1 aromatic carbocycles. The molecule has 1 N–H and O–H groups in total. The summed E-state index contributed by atoms with van der Waals surface area (Å²) in [6.45, 7) is 2.09. The third kappa shape index (κ3) is 4.03. The summed E-state index contributed by atoms with van der Waals surface area (Å²) >= 11 is 1.18. The average molecular weight is 393 g/mol. The Kier molecular flexibility index (Phi) is 5.55. The number of nitrogens with zero attached hydrogens (tertiary/aromatic N) is 1. The lowest BCUT2D eigenvalue weighted by Crippen LogP contribution is -2.43. The number of sulfonamides is 1. The lowest BCUT2D eigenvalue weighted by atomic mass is 9.98. The van der Waals surface area contributed by atoms with Crippen LogP contribution in [-0.4, -0.2) is 37.5 Å². The minimum atomic E-state index is -3.54. The van der Waals surface area contributed by atoms with Gasteiger partial charge in [0.15, 0.2) is 5.78 Å². The molecule has 3 rings (SSSR count). The van der Waals surface area contributed by atoms with Crippen LogP contribution in [0.4, 0.5) is 5.69 Å². The van der Waals surface area contributed by atoms with Crippen molar-refractivity contribution in [1.82, 2.24) is 4.31 Å². The molecule has 6 nitrogen and oxygen atoms in total. The normalized spacial score (nSPS) is 18.4. The highest BCUT2D eigenvalue weighted by Crippen LogP contribution is 2.27. The topological polar surface area (TPSA) is 83.6 Å². The van der Waals surface area contributed by atoms with Gasteiger partial charge in [0.1, 0.15) is 4.21 Å². The number of carbonyl (C=O) groups excluding carboxylic acids is 2. The first kappa shape index (κ1) is 18.8. The first-order valence-electron chi connectivity index (χ1n) is 8.33. The Morgan fingerprint density at radius 1 is 1.19 bits per heavy atom. The van der Waals surface area contributed by atoms with Gasteiger partial charge in [-0.05, 0) is 55.5 Å². The Morgan fingerprint density at radius 3 is 2.54 bits per heavy atom. The molecule has 2 heterocycles. The van der Waals surface area contributed by atoms with E-state index in [1.165, 1.54) is 22.6 Å². The number of anilines is 1. The molecule has 1 fully saturated rings. The maximum Gasteiger partial charge on any atom is 0.252 e. The van der Waals surface area contributed by atoms with Gasteiger partial charge < -0.3 is 5.32 Å². The van der Waals surface area contributed by atoms with Gasteiger partial charge in [0.05, 0.1) is 5.92 Å². The molecule has 8 heteroatoms. The summed E-state index contributed by atoms with van der Waals surface area (Å²) in [6.07, 6.45) is 1.29. The zero-order chi connectivity index (χ0) is 18.7. The third-order valence-corrected chi connectivity index (χ3v) is 7.64. The van der Waals surface area contributed by atoms with E-state index in [1.54, 1.807) is 41.8 Å². The number of amides is 1. The molecule has 138 valence electrons. The maximum atomic E-state index is 12.6. The minimum absolute atomic E-state index is 0.0374. The quantitative estimate of drug-likeness (QED) is 0.793. The number of carbonyl (C=O) groups is 2. The van der Waals surface area contributed by atoms with Crippen molar-refractivity contribution in [3.05, 3.63) is 47.3 Å². The molecule has 2 aromatic rings. The molecule has 0 aliphatic carbocycles. The van der Waals surface area contributed by atoms with Gasteiger partial charge in [0.2, 0.25) is 5.91 Å². The van der Waals surface area contributed by atoms with Crippen LogP contribution < -0.4 is 5.32 Å². The van der Waals surface area contributed by atoms with Crippen LogP contribution in [0.1, 0.15) is 30.1 Å². The summed E-state index contributed by atoms with van der Waals surface area (Å²) in [5.74, 6) is -0.637. The molecule has 1 amide bonds. The molecule has 0 spiro atoms. The Balaban J connectivity index is 1.67. The summed E-state index contributed by atoms with van der Waals surface area (Å²) in [5, 5.41) is 4.54. The minimum Gasteiger partial charge on any atom is -0.326 e. The molecule has 1 atom stereocenters. The Morgan fingerprint density at radius 2 is 1.92 bits per heavy atom. The summed E-state index contributed by atoms with van der Waals surface area (Å²) < 4.78 is 27.0. The van der Waals surface area contributed by atoms with Crippen molar-refractivity contribution < 1.29 is 18.0 Å². The van der Waals surface area contributed by atoms with Crippen molar-refractivity contribution in [3.63, 3.8) is 0 Å². The number of rotatable bonds is 5. The van der Waals surface area contributed by atoms with Gasteiger partial charge >= 0.3 is 0 Å². The van der Waals surface area contributed by atoms with E-state index >= 15 is 0 Å². The van der Waals surface area contributed by atoms with Crippen molar-refractivity contribution in [1.29, 1.82) is 0 Å². The zero-order valence-electron chi connectivity index (χ0n) is 14.3. The van der Waals surface area contributed by atoms with Gasteiger partial charge in [-0.15, -0.1) is 11.3 Å². The lowest BCUT2D eigenvalue weighted by molar-refractivity contribution is -0.120. The van der Waals surface area contributed by atoms with E-state index in [4.69, 9.17) is 0 Å². The van der Waals surface area contributed by atoms with Crippen molar-refractivity contribution in [2.45, 2.75) is 24.0 Å². The second-order valence-corrected chi connectivity index (χ2v) is 9.37. The monoisotopic (exact) mass is 392 g/mol. The highest BCUT2D eigenvalue weighted by atomic mass is 32.2. The fourth-order valence-electron chi connectivity index (χ4n) is 2.94. The molecule has 0 saturated carbocycles. The van der Waals surface area contributed by atoms with Crippen molar-refractivity contribution in [3.8, 4) is 0 Å². The lowest BCUT2D eigenvalue weighted by Gasteiger charge is -2.30. The van der Waals surface area contributed by atoms with Gasteiger partial charge in [0.25, 0.3) is 10.0 Å². The number of hydrogen-bond donors (Lipinski definition) is 1. The number of ketones is 1. The number of thiophene rings is 1. The molecule has 26 heavy (non-hydrogen) atoms. The smallest absolute Gasteiger partial charge is 0.252 e. The Bertz CT molecular complexity index is 890. The standard InChI is InChI=1S/C18H20N2O4S2/c1-13(21)14-6-8-16(9-7-14)19-18(22)15-4-2-10-20(12-15)26(23,24)17-5-3-11-25-17/h3,5-9,11,15H,2,4,10,12H2,1H3,(H,19,22)/t15-/m1/s1. The second kappa shape index (κ2) is 7.69. The molecular formula is C18H20N2O4S2. The summed E-state index contributed by atoms with van der Waals surface area (Å²) in [6, 6.07) is 9.96. The second-order valence-electron chi connectivity index (χ2n) is 6.26. The predicted molar refractivity (Wildman–Crippen MR) is 101 cm³/mol. The molecule has 1 saturated heterocycles. The van der Waals surface area contributed by atoms with E-state index in [2.05, 4.69) is 5.32 Å². The fraction of sp³-hybridized carbons (Fsp3) is 0.333. The van der Waals surface area contributed by atoms with E-state index in [1.807, 2.05) is 0 Å². The third-order valence-electron chi connectivity index (χ3n) is 4.40. The Hall–Kier alpha value is -2.03. The number of hydrogen-bond acceptors (Lipinski definition) is 5. The number of nitrogens with one attached hydrogen (secondary N) is 1. The molecule has 1 aromatic heterocycles. The van der Waals surface area contributed by atoms with Crippen LogP contribution in [0.3, 0.4) is 0 Å².